The number of nitrogens with zero attached hydrogens (tertiary/aromatic N) is 3. The van der Waals surface area contributed by atoms with Gasteiger partial charge in [0.1, 0.15) is 0 Å². The summed E-state index contributed by atoms with van der Waals surface area (Å²) in [6, 6.07) is -0.920. The molecule has 0 spiro atoms. The first kappa shape index (κ1) is 18.0. The van der Waals surface area contributed by atoms with Crippen LogP contribution in [0.3, 0.4) is 0 Å². The molecule has 0 bridgehead atoms. The van der Waals surface area contributed by atoms with E-state index in [-0.39, 0.29) is 0 Å². The molecule has 6 heteroatoms. The average Bonchev–Trinajstić information content (AvgIpc) is 2.50. The summed E-state index contributed by atoms with van der Waals surface area (Å²) in [6.45, 7) is 11.8. The van der Waals surface area contributed by atoms with Crippen LogP contribution >= 0.6 is 0 Å². The van der Waals surface area contributed by atoms with Crippen molar-refractivity contribution in [3.05, 3.63) is 38.0 Å². The van der Waals surface area contributed by atoms with Gasteiger partial charge in [0.05, 0.1) is 0 Å². The van der Waals surface area contributed by atoms with Crippen LogP contribution in [0.4, 0.5) is 9.59 Å². The summed E-state index contributed by atoms with van der Waals surface area (Å²) in [5.41, 5.74) is 0. The highest BCUT2D eigenvalue weighted by molar-refractivity contribution is 5.96. The molecule has 0 radical (unpaired) electrons. The Hall–Kier alpha value is -2.08. The van der Waals surface area contributed by atoms with Crippen LogP contribution in [-0.4, -0.2) is 57.9 Å². The van der Waals surface area contributed by atoms with Gasteiger partial charge in [-0.05, 0) is 25.7 Å². The molecule has 1 saturated heterocycles. The Morgan fingerprint density at radius 2 is 1.32 bits per heavy atom. The first-order valence-corrected chi connectivity index (χ1v) is 7.48. The lowest BCUT2D eigenvalue weighted by atomic mass is 10.2. The van der Waals surface area contributed by atoms with Crippen molar-refractivity contribution in [2.75, 3.05) is 19.6 Å². The summed E-state index contributed by atoms with van der Waals surface area (Å²) in [7, 11) is 0. The maximum atomic E-state index is 12.4. The molecular formula is C16H25N3O3. The minimum atomic E-state index is -1.24. The van der Waals surface area contributed by atoms with Crippen LogP contribution < -0.4 is 0 Å². The molecule has 0 saturated carbocycles. The van der Waals surface area contributed by atoms with Gasteiger partial charge in [0.2, 0.25) is 6.35 Å². The van der Waals surface area contributed by atoms with Crippen LogP contribution in [0, 0.1) is 0 Å². The second-order valence-corrected chi connectivity index (χ2v) is 5.04. The summed E-state index contributed by atoms with van der Waals surface area (Å²) in [6.07, 6.45) is 6.33. The zero-order chi connectivity index (χ0) is 16.5. The molecular weight excluding hydrogens is 282 g/mol. The van der Waals surface area contributed by atoms with E-state index in [2.05, 4.69) is 19.7 Å². The number of carbonyl (C=O) groups is 2. The fraction of sp³-hybridized carbons (Fsp3) is 0.500. The summed E-state index contributed by atoms with van der Waals surface area (Å²) >= 11 is 0. The Morgan fingerprint density at radius 3 is 1.73 bits per heavy atom. The van der Waals surface area contributed by atoms with Crippen LogP contribution in [0.2, 0.25) is 0 Å². The molecule has 0 aromatic carbocycles. The standard InChI is InChI=1S/C16H25N3O3/c1-4-7-10-13-19-15(21)17(11-8-5-2)14(20)18(16(19)22)12-9-6-3/h4-6,14,20H,1-3,7-13H2. The molecule has 22 heavy (non-hydrogen) atoms. The van der Waals surface area contributed by atoms with Gasteiger partial charge in [-0.15, -0.1) is 19.7 Å². The highest BCUT2D eigenvalue weighted by Gasteiger charge is 2.42. The van der Waals surface area contributed by atoms with E-state index in [9.17, 15) is 14.7 Å². The molecule has 1 N–H and O–H groups in total. The van der Waals surface area contributed by atoms with E-state index in [1.807, 2.05) is 0 Å². The fourth-order valence-corrected chi connectivity index (χ4v) is 2.23. The van der Waals surface area contributed by atoms with Crippen molar-refractivity contribution in [1.82, 2.24) is 14.7 Å². The Kier molecular flexibility index (Phi) is 7.39. The predicted molar refractivity (Wildman–Crippen MR) is 86.0 cm³/mol. The van der Waals surface area contributed by atoms with Gasteiger partial charge in [-0.3, -0.25) is 9.80 Å². The zero-order valence-electron chi connectivity index (χ0n) is 13.0. The molecule has 1 aliphatic heterocycles. The number of imide groups is 1. The summed E-state index contributed by atoms with van der Waals surface area (Å²) < 4.78 is 0. The van der Waals surface area contributed by atoms with Gasteiger partial charge >= 0.3 is 12.1 Å². The van der Waals surface area contributed by atoms with E-state index in [4.69, 9.17) is 0 Å². The minimum Gasteiger partial charge on any atom is -0.356 e. The normalized spacial score (nSPS) is 16.1. The molecule has 4 amide bonds. The molecule has 0 aromatic rings. The van der Waals surface area contributed by atoms with Crippen LogP contribution in [0.25, 0.3) is 0 Å². The van der Waals surface area contributed by atoms with Crippen molar-refractivity contribution in [2.24, 2.45) is 0 Å². The van der Waals surface area contributed by atoms with Crippen molar-refractivity contribution in [3.63, 3.8) is 0 Å². The molecule has 6 nitrogen and oxygen atoms in total. The largest absolute Gasteiger partial charge is 0.356 e. The smallest absolute Gasteiger partial charge is 0.331 e. The maximum absolute atomic E-state index is 12.4. The van der Waals surface area contributed by atoms with E-state index >= 15 is 0 Å². The number of urea groups is 2. The van der Waals surface area contributed by atoms with Gasteiger partial charge < -0.3 is 5.11 Å². The molecule has 1 fully saturated rings. The van der Waals surface area contributed by atoms with E-state index in [0.29, 0.717) is 38.9 Å². The lowest BCUT2D eigenvalue weighted by molar-refractivity contribution is -0.0917. The lowest BCUT2D eigenvalue weighted by Crippen LogP contribution is -2.66. The number of aliphatic hydroxyl groups is 1. The number of hydrogen-bond donors (Lipinski definition) is 1. The number of rotatable bonds is 10. The first-order valence-electron chi connectivity index (χ1n) is 7.48. The third-order valence-electron chi connectivity index (χ3n) is 3.45. The van der Waals surface area contributed by atoms with Gasteiger partial charge in [0, 0.05) is 19.6 Å². The van der Waals surface area contributed by atoms with Crippen LogP contribution in [-0.2, 0) is 0 Å². The van der Waals surface area contributed by atoms with Crippen molar-refractivity contribution < 1.29 is 14.7 Å². The number of unbranched alkanes of at least 4 members (excludes halogenated alkanes) is 1. The summed E-state index contributed by atoms with van der Waals surface area (Å²) in [5, 5.41) is 10.3. The van der Waals surface area contributed by atoms with Crippen molar-refractivity contribution >= 4 is 12.1 Å². The highest BCUT2D eigenvalue weighted by atomic mass is 16.3. The van der Waals surface area contributed by atoms with Crippen LogP contribution in [0.5, 0.6) is 0 Å². The van der Waals surface area contributed by atoms with E-state index in [1.54, 1.807) is 18.2 Å². The van der Waals surface area contributed by atoms with Gasteiger partial charge in [0.15, 0.2) is 0 Å². The third-order valence-corrected chi connectivity index (χ3v) is 3.45. The monoisotopic (exact) mass is 307 g/mol. The number of amides is 4. The quantitative estimate of drug-likeness (QED) is 0.498. The Balaban J connectivity index is 2.90. The number of aliphatic hydroxyl groups excluding tert-OH is 1. The number of allylic oxidation sites excluding steroid dienone is 1. The van der Waals surface area contributed by atoms with Crippen LogP contribution in [0.1, 0.15) is 25.7 Å². The van der Waals surface area contributed by atoms with Gasteiger partial charge in [-0.2, -0.15) is 0 Å². The Labute approximate surface area is 132 Å². The minimum absolute atomic E-state index is 0.311. The van der Waals surface area contributed by atoms with E-state index in [0.717, 1.165) is 6.42 Å². The lowest BCUT2D eigenvalue weighted by Gasteiger charge is -2.44. The molecule has 0 atom stereocenters. The predicted octanol–water partition coefficient (Wildman–Crippen LogP) is 2.54. The SMILES string of the molecule is C=CCCCN1C(=O)N(CCC=C)C(O)N(CCC=C)C1=O. The van der Waals surface area contributed by atoms with Gasteiger partial charge in [-0.1, -0.05) is 18.2 Å². The summed E-state index contributed by atoms with van der Waals surface area (Å²) in [5.74, 6) is 0. The second kappa shape index (κ2) is 9.04. The van der Waals surface area contributed by atoms with E-state index < -0.39 is 18.4 Å². The highest BCUT2D eigenvalue weighted by Crippen LogP contribution is 2.19. The van der Waals surface area contributed by atoms with Gasteiger partial charge in [-0.25, -0.2) is 14.5 Å². The molecule has 0 aromatic heterocycles. The van der Waals surface area contributed by atoms with Crippen molar-refractivity contribution in [2.45, 2.75) is 32.0 Å². The number of carbonyl (C=O) groups excluding carboxylic acids is 2. The Bertz CT molecular complexity index is 404. The van der Waals surface area contributed by atoms with Crippen molar-refractivity contribution in [3.8, 4) is 0 Å². The molecule has 1 heterocycles. The average molecular weight is 307 g/mol. The maximum Gasteiger partial charge on any atom is 0.331 e. The number of hydrogen-bond acceptors (Lipinski definition) is 3. The zero-order valence-corrected chi connectivity index (χ0v) is 13.0. The molecule has 1 rings (SSSR count). The topological polar surface area (TPSA) is 64.1 Å². The third kappa shape index (κ3) is 4.21. The molecule has 122 valence electrons. The molecule has 1 aliphatic rings. The second-order valence-electron chi connectivity index (χ2n) is 5.04. The Morgan fingerprint density at radius 1 is 0.864 bits per heavy atom. The fourth-order valence-electron chi connectivity index (χ4n) is 2.23. The van der Waals surface area contributed by atoms with Crippen molar-refractivity contribution in [1.29, 1.82) is 0 Å². The van der Waals surface area contributed by atoms with Gasteiger partial charge in [0.25, 0.3) is 0 Å². The molecule has 0 unspecified atom stereocenters. The first-order chi connectivity index (χ1) is 10.6. The molecule has 0 aliphatic carbocycles. The van der Waals surface area contributed by atoms with Crippen LogP contribution in [0.15, 0.2) is 38.0 Å². The summed E-state index contributed by atoms with van der Waals surface area (Å²) in [4.78, 5) is 28.6. The van der Waals surface area contributed by atoms with E-state index in [1.165, 1.54) is 14.7 Å².